The molecule has 138 valence electrons. The van der Waals surface area contributed by atoms with Crippen LogP contribution in [-0.2, 0) is 4.79 Å². The molecule has 26 heavy (non-hydrogen) atoms. The predicted molar refractivity (Wildman–Crippen MR) is 83.9 cm³/mol. The Labute approximate surface area is 147 Å². The maximum absolute atomic E-state index is 13.6. The lowest BCUT2D eigenvalue weighted by atomic mass is 9.80. The van der Waals surface area contributed by atoms with Crippen molar-refractivity contribution < 1.29 is 27.8 Å². The number of nitriles is 1. The van der Waals surface area contributed by atoms with Crippen LogP contribution in [0.25, 0.3) is 0 Å². The van der Waals surface area contributed by atoms with E-state index in [4.69, 9.17) is 10.00 Å². The van der Waals surface area contributed by atoms with Crippen molar-refractivity contribution >= 4 is 11.6 Å². The Kier molecular flexibility index (Phi) is 4.63. The number of halogens is 3. The van der Waals surface area contributed by atoms with Gasteiger partial charge in [0.25, 0.3) is 11.6 Å². The fraction of sp³-hybridized carbons (Fsp3) is 0.471. The number of ether oxygens (including phenoxy) is 1. The molecule has 0 saturated heterocycles. The van der Waals surface area contributed by atoms with Crippen molar-refractivity contribution in [1.82, 2.24) is 5.01 Å². The zero-order valence-electron chi connectivity index (χ0n) is 13.7. The minimum atomic E-state index is -5.04. The molecule has 2 aliphatic rings. The van der Waals surface area contributed by atoms with Crippen molar-refractivity contribution in [2.75, 3.05) is 6.61 Å². The SMILES string of the molecule is N#Cc1ccc(OCC(=O)N2N=C3CCCC[C@@H]3[C@@]2(O)C(F)(F)F)cc1. The Morgan fingerprint density at radius 3 is 2.69 bits per heavy atom. The topological polar surface area (TPSA) is 85.9 Å². The Hall–Kier alpha value is -2.60. The molecule has 0 spiro atoms. The van der Waals surface area contributed by atoms with Gasteiger partial charge in [-0.05, 0) is 43.5 Å². The van der Waals surface area contributed by atoms with Crippen LogP contribution >= 0.6 is 0 Å². The van der Waals surface area contributed by atoms with Crippen molar-refractivity contribution in [1.29, 1.82) is 5.26 Å². The molecule has 1 saturated carbocycles. The molecule has 6 nitrogen and oxygen atoms in total. The van der Waals surface area contributed by atoms with Crippen molar-refractivity contribution in [2.45, 2.75) is 37.6 Å². The summed E-state index contributed by atoms with van der Waals surface area (Å²) in [5.74, 6) is -2.11. The van der Waals surface area contributed by atoms with E-state index in [1.54, 1.807) is 0 Å². The Bertz CT molecular complexity index is 770. The number of carbonyl (C=O) groups is 1. The van der Waals surface area contributed by atoms with Gasteiger partial charge in [-0.3, -0.25) is 4.79 Å². The molecule has 0 bridgehead atoms. The van der Waals surface area contributed by atoms with E-state index in [0.29, 0.717) is 24.8 Å². The molecule has 0 unspecified atom stereocenters. The number of hydrazone groups is 1. The summed E-state index contributed by atoms with van der Waals surface area (Å²) in [6.07, 6.45) is -3.39. The van der Waals surface area contributed by atoms with Gasteiger partial charge in [0, 0.05) is 5.71 Å². The molecule has 1 N–H and O–H groups in total. The molecule has 1 amide bonds. The fourth-order valence-corrected chi connectivity index (χ4v) is 3.30. The zero-order chi connectivity index (χ0) is 18.9. The first-order chi connectivity index (χ1) is 12.3. The van der Waals surface area contributed by atoms with Crippen LogP contribution < -0.4 is 4.74 Å². The lowest BCUT2D eigenvalue weighted by molar-refractivity contribution is -0.317. The number of alkyl halides is 3. The smallest absolute Gasteiger partial charge is 0.439 e. The molecule has 0 radical (unpaired) electrons. The van der Waals surface area contributed by atoms with Gasteiger partial charge >= 0.3 is 6.18 Å². The van der Waals surface area contributed by atoms with Crippen LogP contribution in [0.1, 0.15) is 31.2 Å². The average Bonchev–Trinajstić information content (AvgIpc) is 2.94. The van der Waals surface area contributed by atoms with E-state index in [9.17, 15) is 23.1 Å². The summed E-state index contributed by atoms with van der Waals surface area (Å²) in [5.41, 5.74) is -2.76. The monoisotopic (exact) mass is 367 g/mol. The minimum absolute atomic E-state index is 0.120. The minimum Gasteiger partial charge on any atom is -0.484 e. The molecular formula is C17H16F3N3O3. The molecule has 9 heteroatoms. The number of carbonyl (C=O) groups excluding carboxylic acids is 1. The molecule has 1 fully saturated rings. The van der Waals surface area contributed by atoms with Gasteiger partial charge in [-0.25, -0.2) is 0 Å². The summed E-state index contributed by atoms with van der Waals surface area (Å²) in [7, 11) is 0. The summed E-state index contributed by atoms with van der Waals surface area (Å²) < 4.78 is 45.9. The second-order valence-electron chi connectivity index (χ2n) is 6.24. The summed E-state index contributed by atoms with van der Waals surface area (Å²) >= 11 is 0. The van der Waals surface area contributed by atoms with Crippen LogP contribution in [0.2, 0.25) is 0 Å². The maximum Gasteiger partial charge on any atom is 0.439 e. The number of benzene rings is 1. The van der Waals surface area contributed by atoms with E-state index in [-0.39, 0.29) is 22.9 Å². The highest BCUT2D eigenvalue weighted by atomic mass is 19.4. The van der Waals surface area contributed by atoms with Crippen LogP contribution in [-0.4, -0.2) is 40.2 Å². The van der Waals surface area contributed by atoms with Gasteiger partial charge in [-0.15, -0.1) is 0 Å². The Balaban J connectivity index is 1.77. The number of amides is 1. The fourth-order valence-electron chi connectivity index (χ4n) is 3.30. The third-order valence-corrected chi connectivity index (χ3v) is 4.61. The van der Waals surface area contributed by atoms with Crippen LogP contribution in [0.15, 0.2) is 29.4 Å². The van der Waals surface area contributed by atoms with Gasteiger partial charge in [-0.1, -0.05) is 6.42 Å². The molecule has 1 aliphatic carbocycles. The molecule has 1 aliphatic heterocycles. The van der Waals surface area contributed by atoms with Gasteiger partial charge in [0.1, 0.15) is 5.75 Å². The lowest BCUT2D eigenvalue weighted by Crippen LogP contribution is -2.62. The second-order valence-corrected chi connectivity index (χ2v) is 6.24. The highest BCUT2D eigenvalue weighted by Crippen LogP contribution is 2.48. The number of rotatable bonds is 3. The van der Waals surface area contributed by atoms with Crippen molar-refractivity contribution in [2.24, 2.45) is 11.0 Å². The number of fused-ring (bicyclic) bond motifs is 1. The largest absolute Gasteiger partial charge is 0.484 e. The normalized spacial score (nSPS) is 25.3. The third kappa shape index (κ3) is 3.01. The molecule has 3 rings (SSSR count). The van der Waals surface area contributed by atoms with Gasteiger partial charge in [0.05, 0.1) is 17.6 Å². The predicted octanol–water partition coefficient (Wildman–Crippen LogP) is 2.58. The van der Waals surface area contributed by atoms with Crippen LogP contribution in [0.4, 0.5) is 13.2 Å². The lowest BCUT2D eigenvalue weighted by Gasteiger charge is -2.38. The molecule has 0 aromatic heterocycles. The van der Waals surface area contributed by atoms with E-state index in [1.807, 2.05) is 6.07 Å². The van der Waals surface area contributed by atoms with Gasteiger partial charge in [0.2, 0.25) is 0 Å². The van der Waals surface area contributed by atoms with Crippen molar-refractivity contribution in [3.63, 3.8) is 0 Å². The van der Waals surface area contributed by atoms with Crippen LogP contribution in [0.3, 0.4) is 0 Å². The average molecular weight is 367 g/mol. The van der Waals surface area contributed by atoms with E-state index >= 15 is 0 Å². The highest BCUT2D eigenvalue weighted by molar-refractivity contribution is 5.93. The quantitative estimate of drug-likeness (QED) is 0.890. The molecule has 2 atom stereocenters. The molecule has 1 aromatic carbocycles. The summed E-state index contributed by atoms with van der Waals surface area (Å²) in [4.78, 5) is 12.3. The Morgan fingerprint density at radius 1 is 1.38 bits per heavy atom. The van der Waals surface area contributed by atoms with Crippen molar-refractivity contribution in [3.05, 3.63) is 29.8 Å². The summed E-state index contributed by atoms with van der Waals surface area (Å²) in [6, 6.07) is 7.68. The van der Waals surface area contributed by atoms with E-state index in [1.165, 1.54) is 24.3 Å². The van der Waals surface area contributed by atoms with E-state index < -0.39 is 30.3 Å². The number of aliphatic hydroxyl groups is 1. The van der Waals surface area contributed by atoms with Gasteiger partial charge in [0.15, 0.2) is 6.61 Å². The maximum atomic E-state index is 13.6. The van der Waals surface area contributed by atoms with Crippen molar-refractivity contribution in [3.8, 4) is 11.8 Å². The highest BCUT2D eigenvalue weighted by Gasteiger charge is 2.68. The van der Waals surface area contributed by atoms with Gasteiger partial charge in [-0.2, -0.15) is 28.5 Å². The van der Waals surface area contributed by atoms with Gasteiger partial charge < -0.3 is 9.84 Å². The summed E-state index contributed by atoms with van der Waals surface area (Å²) in [5, 5.41) is 23.0. The molecule has 1 aromatic rings. The second kappa shape index (κ2) is 6.61. The molecular weight excluding hydrogens is 351 g/mol. The first-order valence-corrected chi connectivity index (χ1v) is 8.10. The molecule has 1 heterocycles. The standard InChI is InChI=1S/C17H16F3N3O3/c18-17(19,20)16(25)13-3-1-2-4-14(13)22-23(16)15(24)10-26-12-7-5-11(9-21)6-8-12/h5-8,13,25H,1-4,10H2/t13-,16+/m0/s1. The number of hydrogen-bond acceptors (Lipinski definition) is 5. The first-order valence-electron chi connectivity index (χ1n) is 8.10. The van der Waals surface area contributed by atoms with E-state index in [0.717, 1.165) is 0 Å². The first kappa shape index (κ1) is 18.2. The van der Waals surface area contributed by atoms with E-state index in [2.05, 4.69) is 5.10 Å². The van der Waals surface area contributed by atoms with Crippen LogP contribution in [0.5, 0.6) is 5.75 Å². The number of nitrogens with zero attached hydrogens (tertiary/aromatic N) is 3. The van der Waals surface area contributed by atoms with Crippen LogP contribution in [0, 0.1) is 17.2 Å². The number of hydrogen-bond donors (Lipinski definition) is 1. The zero-order valence-corrected chi connectivity index (χ0v) is 13.7. The Morgan fingerprint density at radius 2 is 2.08 bits per heavy atom. The third-order valence-electron chi connectivity index (χ3n) is 4.61. The summed E-state index contributed by atoms with van der Waals surface area (Å²) in [6.45, 7) is -0.714.